The van der Waals surface area contributed by atoms with Gasteiger partial charge in [0.05, 0.1) is 27.4 Å². The number of hydrogen-bond acceptors (Lipinski definition) is 6. The average molecular weight is 592 g/mol. The predicted octanol–water partition coefficient (Wildman–Crippen LogP) is 5.36. The minimum absolute atomic E-state index is 0.0289. The monoisotopic (exact) mass is 591 g/mol. The fourth-order valence-corrected chi connectivity index (χ4v) is 4.73. The van der Waals surface area contributed by atoms with E-state index in [1.165, 1.54) is 29.2 Å². The van der Waals surface area contributed by atoms with E-state index in [2.05, 4.69) is 10.3 Å². The zero-order chi connectivity index (χ0) is 29.0. The first-order chi connectivity index (χ1) is 18.1. The van der Waals surface area contributed by atoms with E-state index in [1.54, 1.807) is 0 Å². The highest BCUT2D eigenvalue weighted by molar-refractivity contribution is 8.26. The molecular weight excluding hydrogens is 572 g/mol. The lowest BCUT2D eigenvalue weighted by molar-refractivity contribution is -0.143. The molecule has 1 aromatic carbocycles. The number of carboxylic acids is 1. The number of carboxylic acid groups (broad SMARTS) is 1. The molecule has 39 heavy (non-hydrogen) atoms. The van der Waals surface area contributed by atoms with Gasteiger partial charge in [-0.15, -0.1) is 0 Å². The van der Waals surface area contributed by atoms with Crippen molar-refractivity contribution >= 4 is 52.2 Å². The SMILES string of the molecule is O=C(O)CNC(=O)CCCCN1C(=O)/C(=C/c2cccc(-c3cc(C(F)(F)F)cc(C(F)(F)F)c3)n2)SC1=S. The quantitative estimate of drug-likeness (QED) is 0.175. The Balaban J connectivity index is 1.74. The van der Waals surface area contributed by atoms with Crippen LogP contribution >= 0.6 is 24.0 Å². The van der Waals surface area contributed by atoms with Crippen molar-refractivity contribution in [1.82, 2.24) is 15.2 Å². The third-order valence-electron chi connectivity index (χ3n) is 5.28. The summed E-state index contributed by atoms with van der Waals surface area (Å²) in [6, 6.07) is 5.25. The number of carbonyl (C=O) groups excluding carboxylic acids is 2. The maximum atomic E-state index is 13.2. The van der Waals surface area contributed by atoms with Crippen molar-refractivity contribution < 1.29 is 45.8 Å². The molecule has 7 nitrogen and oxygen atoms in total. The number of nitrogens with one attached hydrogen (secondary N) is 1. The average Bonchev–Trinajstić information content (AvgIpc) is 3.11. The first kappa shape index (κ1) is 30.1. The van der Waals surface area contributed by atoms with Crippen molar-refractivity contribution in [1.29, 1.82) is 0 Å². The van der Waals surface area contributed by atoms with Gasteiger partial charge >= 0.3 is 18.3 Å². The largest absolute Gasteiger partial charge is 0.480 e. The normalized spacial score (nSPS) is 15.2. The Hall–Kier alpha value is -3.46. The van der Waals surface area contributed by atoms with E-state index in [0.717, 1.165) is 11.8 Å². The zero-order valence-electron chi connectivity index (χ0n) is 19.7. The Bertz CT molecular complexity index is 1300. The van der Waals surface area contributed by atoms with Gasteiger partial charge < -0.3 is 10.4 Å². The number of thioether (sulfide) groups is 1. The molecule has 0 spiro atoms. The van der Waals surface area contributed by atoms with E-state index >= 15 is 0 Å². The molecule has 208 valence electrons. The van der Waals surface area contributed by atoms with Crippen LogP contribution in [0.1, 0.15) is 36.1 Å². The van der Waals surface area contributed by atoms with Gasteiger partial charge in [0, 0.05) is 18.5 Å². The van der Waals surface area contributed by atoms with Gasteiger partial charge in [-0.25, -0.2) is 4.98 Å². The number of thiocarbonyl (C=S) groups is 1. The standard InChI is InChI=1S/C24H19F6N3O4S2/c25-23(26,27)14-8-13(9-15(10-14)24(28,29)30)17-5-3-4-16(32-17)11-18-21(37)33(22(38)39-18)7-2-1-6-19(34)31-12-20(35)36/h3-5,8-11H,1-2,6-7,12H2,(H,31,34)(H,35,36)/b18-11-. The van der Waals surface area contributed by atoms with Crippen molar-refractivity contribution in [3.63, 3.8) is 0 Å². The van der Waals surface area contributed by atoms with Crippen LogP contribution in [0.4, 0.5) is 26.3 Å². The minimum Gasteiger partial charge on any atom is -0.480 e. The summed E-state index contributed by atoms with van der Waals surface area (Å²) in [6.45, 7) is -0.309. The lowest BCUT2D eigenvalue weighted by Gasteiger charge is -2.14. The van der Waals surface area contributed by atoms with Gasteiger partial charge in [0.15, 0.2) is 0 Å². The fraction of sp³-hybridized carbons (Fsp3) is 0.292. The smallest absolute Gasteiger partial charge is 0.416 e. The highest BCUT2D eigenvalue weighted by Gasteiger charge is 2.37. The lowest BCUT2D eigenvalue weighted by atomic mass is 10.0. The van der Waals surface area contributed by atoms with E-state index in [1.807, 2.05) is 0 Å². The lowest BCUT2D eigenvalue weighted by Crippen LogP contribution is -2.30. The Morgan fingerprint density at radius 3 is 2.28 bits per heavy atom. The van der Waals surface area contributed by atoms with E-state index in [9.17, 15) is 40.7 Å². The van der Waals surface area contributed by atoms with Gasteiger partial charge in [0.1, 0.15) is 10.9 Å². The molecule has 1 aliphatic rings. The predicted molar refractivity (Wildman–Crippen MR) is 134 cm³/mol. The number of unbranched alkanes of at least 4 members (excludes halogenated alkanes) is 1. The third-order valence-corrected chi connectivity index (χ3v) is 6.66. The third kappa shape index (κ3) is 8.26. The first-order valence-corrected chi connectivity index (χ1v) is 12.4. The van der Waals surface area contributed by atoms with E-state index in [0.29, 0.717) is 25.0 Å². The van der Waals surface area contributed by atoms with Gasteiger partial charge in [-0.3, -0.25) is 19.3 Å². The molecule has 1 aromatic heterocycles. The summed E-state index contributed by atoms with van der Waals surface area (Å²) in [5, 5.41) is 10.8. The second-order valence-electron chi connectivity index (χ2n) is 8.20. The Kier molecular flexibility index (Phi) is 9.38. The molecule has 1 saturated heterocycles. The minimum atomic E-state index is -5.01. The van der Waals surface area contributed by atoms with Crippen LogP contribution in [0, 0.1) is 0 Å². The number of amides is 2. The van der Waals surface area contributed by atoms with E-state index in [4.69, 9.17) is 17.3 Å². The number of hydrogen-bond donors (Lipinski definition) is 2. The summed E-state index contributed by atoms with van der Waals surface area (Å²) < 4.78 is 79.6. The Labute approximate surface area is 227 Å². The van der Waals surface area contributed by atoms with Gasteiger partial charge in [0.25, 0.3) is 5.91 Å². The summed E-state index contributed by atoms with van der Waals surface area (Å²) in [6.07, 6.45) is -7.87. The van der Waals surface area contributed by atoms with Gasteiger partial charge in [-0.1, -0.05) is 30.0 Å². The van der Waals surface area contributed by atoms with E-state index in [-0.39, 0.29) is 39.6 Å². The molecule has 0 atom stereocenters. The summed E-state index contributed by atoms with van der Waals surface area (Å²) >= 11 is 6.18. The molecule has 15 heteroatoms. The fourth-order valence-electron chi connectivity index (χ4n) is 3.44. The molecule has 0 saturated carbocycles. The highest BCUT2D eigenvalue weighted by atomic mass is 32.2. The number of nitrogens with zero attached hydrogens (tertiary/aromatic N) is 2. The topological polar surface area (TPSA) is 99.6 Å². The van der Waals surface area contributed by atoms with Gasteiger partial charge in [-0.2, -0.15) is 26.3 Å². The molecular formula is C24H19F6N3O4S2. The Morgan fingerprint density at radius 2 is 1.69 bits per heavy atom. The molecule has 1 aliphatic heterocycles. The molecule has 3 rings (SSSR count). The summed E-state index contributed by atoms with van der Waals surface area (Å²) in [5.41, 5.74) is -3.38. The molecule has 2 aromatic rings. The van der Waals surface area contributed by atoms with Crippen molar-refractivity contribution in [3.05, 3.63) is 58.1 Å². The van der Waals surface area contributed by atoms with Crippen LogP contribution < -0.4 is 5.32 Å². The number of aliphatic carboxylic acids is 1. The van der Waals surface area contributed by atoms with Gasteiger partial charge in [0.2, 0.25) is 5.91 Å². The zero-order valence-corrected chi connectivity index (χ0v) is 21.4. The molecule has 0 radical (unpaired) electrons. The number of rotatable bonds is 9. The number of halogens is 6. The summed E-state index contributed by atoms with van der Waals surface area (Å²) in [5.74, 6) is -2.09. The van der Waals surface area contributed by atoms with E-state index < -0.39 is 53.4 Å². The number of alkyl halides is 6. The number of carbonyl (C=O) groups is 3. The summed E-state index contributed by atoms with van der Waals surface area (Å²) in [4.78, 5) is 40.5. The van der Waals surface area contributed by atoms with Crippen LogP contribution in [-0.4, -0.2) is 50.2 Å². The number of aromatic nitrogens is 1. The second kappa shape index (κ2) is 12.2. The van der Waals surface area contributed by atoms with Gasteiger partial charge in [-0.05, 0) is 49.2 Å². The molecule has 2 N–H and O–H groups in total. The van der Waals surface area contributed by atoms with Crippen LogP contribution in [0.3, 0.4) is 0 Å². The Morgan fingerprint density at radius 1 is 1.05 bits per heavy atom. The van der Waals surface area contributed by atoms with Crippen LogP contribution in [0.5, 0.6) is 0 Å². The van der Waals surface area contributed by atoms with Crippen LogP contribution in [0.2, 0.25) is 0 Å². The second-order valence-corrected chi connectivity index (χ2v) is 9.88. The number of benzene rings is 1. The highest BCUT2D eigenvalue weighted by Crippen LogP contribution is 2.38. The van der Waals surface area contributed by atoms with Crippen molar-refractivity contribution in [2.24, 2.45) is 0 Å². The van der Waals surface area contributed by atoms with Crippen LogP contribution in [-0.2, 0) is 26.7 Å². The molecule has 0 aliphatic carbocycles. The molecule has 0 bridgehead atoms. The first-order valence-electron chi connectivity index (χ1n) is 11.2. The molecule has 2 heterocycles. The van der Waals surface area contributed by atoms with Crippen molar-refractivity contribution in [2.75, 3.05) is 13.1 Å². The van der Waals surface area contributed by atoms with Crippen molar-refractivity contribution in [2.45, 2.75) is 31.6 Å². The van der Waals surface area contributed by atoms with Crippen LogP contribution in [0.15, 0.2) is 41.3 Å². The molecule has 2 amide bonds. The maximum absolute atomic E-state index is 13.2. The molecule has 0 unspecified atom stereocenters. The van der Waals surface area contributed by atoms with Crippen molar-refractivity contribution in [3.8, 4) is 11.3 Å². The molecule has 1 fully saturated rings. The maximum Gasteiger partial charge on any atom is 0.416 e. The number of pyridine rings is 1. The van der Waals surface area contributed by atoms with Crippen LogP contribution in [0.25, 0.3) is 17.3 Å². The summed E-state index contributed by atoms with van der Waals surface area (Å²) in [7, 11) is 0.